The van der Waals surface area contributed by atoms with E-state index in [1.165, 1.54) is 0 Å². The van der Waals surface area contributed by atoms with E-state index in [2.05, 4.69) is 10.6 Å². The number of rotatable bonds is 8. The fourth-order valence-electron chi connectivity index (χ4n) is 2.38. The predicted octanol–water partition coefficient (Wildman–Crippen LogP) is 1.27. The maximum Gasteiger partial charge on any atom is 0.257 e. The molecule has 0 radical (unpaired) electrons. The summed E-state index contributed by atoms with van der Waals surface area (Å²) >= 11 is 0. The Balaban J connectivity index is 1.41. The highest BCUT2D eigenvalue weighted by Gasteiger charge is 2.29. The van der Waals surface area contributed by atoms with Crippen LogP contribution < -0.4 is 21.1 Å². The fraction of sp³-hybridized carbons (Fsp3) is 0.529. The van der Waals surface area contributed by atoms with E-state index >= 15 is 0 Å². The molecule has 2 saturated carbocycles. The fourth-order valence-corrected chi connectivity index (χ4v) is 2.38. The van der Waals surface area contributed by atoms with E-state index in [4.69, 9.17) is 10.5 Å². The van der Waals surface area contributed by atoms with E-state index in [1.807, 2.05) is 6.07 Å². The van der Waals surface area contributed by atoms with Crippen LogP contribution in [0, 0.1) is 11.8 Å². The number of amides is 2. The summed E-state index contributed by atoms with van der Waals surface area (Å²) in [6.07, 6.45) is 4.25. The molecule has 2 amide bonds. The van der Waals surface area contributed by atoms with Crippen molar-refractivity contribution >= 4 is 17.5 Å². The lowest BCUT2D eigenvalue weighted by Gasteiger charge is -2.12. The van der Waals surface area contributed by atoms with Crippen molar-refractivity contribution in [3.63, 3.8) is 0 Å². The normalized spacial score (nSPS) is 18.1. The number of nitrogens with one attached hydrogen (secondary N) is 2. The average molecular weight is 317 g/mol. The summed E-state index contributed by atoms with van der Waals surface area (Å²) < 4.78 is 5.47. The van der Waals surface area contributed by atoms with Crippen LogP contribution in [0.3, 0.4) is 0 Å². The van der Waals surface area contributed by atoms with Gasteiger partial charge in [-0.3, -0.25) is 9.59 Å². The summed E-state index contributed by atoms with van der Waals surface area (Å²) in [5.41, 5.74) is 6.62. The maximum absolute atomic E-state index is 11.8. The largest absolute Gasteiger partial charge is 0.484 e. The van der Waals surface area contributed by atoms with Crippen molar-refractivity contribution in [2.75, 3.05) is 18.5 Å². The van der Waals surface area contributed by atoms with Crippen molar-refractivity contribution in [1.82, 2.24) is 5.32 Å². The van der Waals surface area contributed by atoms with Gasteiger partial charge < -0.3 is 21.1 Å². The Bertz CT molecular complexity index is 582. The van der Waals surface area contributed by atoms with Crippen LogP contribution in [0.5, 0.6) is 5.75 Å². The number of nitrogens with two attached hydrogens (primary N) is 1. The van der Waals surface area contributed by atoms with Crippen molar-refractivity contribution in [2.45, 2.75) is 31.7 Å². The van der Waals surface area contributed by atoms with Gasteiger partial charge in [0.1, 0.15) is 5.75 Å². The SMILES string of the molecule is NC(CNC(=O)COc1cccc(NC(=O)C2CC2)c1)C1CC1. The zero-order chi connectivity index (χ0) is 16.2. The molecule has 6 nitrogen and oxygen atoms in total. The minimum absolute atomic E-state index is 0.0416. The summed E-state index contributed by atoms with van der Waals surface area (Å²) in [4.78, 5) is 23.5. The summed E-state index contributed by atoms with van der Waals surface area (Å²) in [6, 6.07) is 7.13. The summed E-state index contributed by atoms with van der Waals surface area (Å²) in [5, 5.41) is 5.64. The van der Waals surface area contributed by atoms with E-state index in [0.29, 0.717) is 23.9 Å². The van der Waals surface area contributed by atoms with E-state index in [0.717, 1.165) is 25.7 Å². The van der Waals surface area contributed by atoms with Gasteiger partial charge in [0, 0.05) is 30.3 Å². The predicted molar refractivity (Wildman–Crippen MR) is 87.0 cm³/mol. The Morgan fingerprint density at radius 1 is 1.26 bits per heavy atom. The van der Waals surface area contributed by atoms with Gasteiger partial charge in [0.25, 0.3) is 5.91 Å². The number of benzene rings is 1. The standard InChI is InChI=1S/C17H23N3O3/c18-15(11-4-5-11)9-19-16(21)10-23-14-3-1-2-13(8-14)20-17(22)12-6-7-12/h1-3,8,11-12,15H,4-7,9-10,18H2,(H,19,21)(H,20,22). The molecular formula is C17H23N3O3. The van der Waals surface area contributed by atoms with Gasteiger partial charge in [0.2, 0.25) is 5.91 Å². The molecule has 0 bridgehead atoms. The summed E-state index contributed by atoms with van der Waals surface area (Å²) in [6.45, 7) is 0.432. The first kappa shape index (κ1) is 15.8. The van der Waals surface area contributed by atoms with Gasteiger partial charge in [-0.15, -0.1) is 0 Å². The van der Waals surface area contributed by atoms with E-state index in [1.54, 1.807) is 18.2 Å². The second kappa shape index (κ2) is 7.00. The van der Waals surface area contributed by atoms with Crippen molar-refractivity contribution in [3.8, 4) is 5.75 Å². The molecule has 0 saturated heterocycles. The highest BCUT2D eigenvalue weighted by molar-refractivity contribution is 5.94. The Hall–Kier alpha value is -2.08. The number of carbonyl (C=O) groups is 2. The van der Waals surface area contributed by atoms with Gasteiger partial charge in [-0.25, -0.2) is 0 Å². The first-order chi connectivity index (χ1) is 11.1. The second-order valence-electron chi connectivity index (χ2n) is 6.39. The van der Waals surface area contributed by atoms with Crippen molar-refractivity contribution < 1.29 is 14.3 Å². The third-order valence-corrected chi connectivity index (χ3v) is 4.18. The van der Waals surface area contributed by atoms with E-state index < -0.39 is 0 Å². The second-order valence-corrected chi connectivity index (χ2v) is 6.39. The first-order valence-electron chi connectivity index (χ1n) is 8.18. The molecular weight excluding hydrogens is 294 g/mol. The topological polar surface area (TPSA) is 93.4 Å². The van der Waals surface area contributed by atoms with Crippen LogP contribution in [0.2, 0.25) is 0 Å². The molecule has 1 unspecified atom stereocenters. The van der Waals surface area contributed by atoms with Gasteiger partial charge in [-0.2, -0.15) is 0 Å². The summed E-state index contributed by atoms with van der Waals surface area (Å²) in [5.74, 6) is 1.13. The third-order valence-electron chi connectivity index (χ3n) is 4.18. The molecule has 1 aromatic rings. The van der Waals surface area contributed by atoms with Crippen LogP contribution in [0.4, 0.5) is 5.69 Å². The van der Waals surface area contributed by atoms with Crippen LogP contribution in [0.15, 0.2) is 24.3 Å². The lowest BCUT2D eigenvalue weighted by Crippen LogP contribution is -2.40. The molecule has 1 aromatic carbocycles. The third kappa shape index (κ3) is 4.96. The quantitative estimate of drug-likeness (QED) is 0.673. The highest BCUT2D eigenvalue weighted by atomic mass is 16.5. The van der Waals surface area contributed by atoms with Crippen molar-refractivity contribution in [1.29, 1.82) is 0 Å². The van der Waals surface area contributed by atoms with Gasteiger partial charge in [0.15, 0.2) is 6.61 Å². The minimum atomic E-state index is -0.187. The molecule has 2 aliphatic carbocycles. The van der Waals surface area contributed by atoms with Crippen molar-refractivity contribution in [3.05, 3.63) is 24.3 Å². The molecule has 0 spiro atoms. The zero-order valence-electron chi connectivity index (χ0n) is 13.1. The Morgan fingerprint density at radius 2 is 2.04 bits per heavy atom. The number of hydrogen-bond acceptors (Lipinski definition) is 4. The molecule has 0 aliphatic heterocycles. The monoisotopic (exact) mass is 317 g/mol. The highest BCUT2D eigenvalue weighted by Crippen LogP contribution is 2.31. The smallest absolute Gasteiger partial charge is 0.257 e. The Labute approximate surface area is 135 Å². The first-order valence-corrected chi connectivity index (χ1v) is 8.18. The minimum Gasteiger partial charge on any atom is -0.484 e. The van der Waals surface area contributed by atoms with Gasteiger partial charge in [-0.05, 0) is 43.7 Å². The molecule has 2 fully saturated rings. The Kier molecular flexibility index (Phi) is 4.81. The average Bonchev–Trinajstić information content (AvgIpc) is 3.41. The Morgan fingerprint density at radius 3 is 2.74 bits per heavy atom. The molecule has 1 atom stereocenters. The number of carbonyl (C=O) groups excluding carboxylic acids is 2. The van der Waals surface area contributed by atoms with Crippen molar-refractivity contribution in [2.24, 2.45) is 17.6 Å². The zero-order valence-corrected chi connectivity index (χ0v) is 13.1. The van der Waals surface area contributed by atoms with Gasteiger partial charge in [0.05, 0.1) is 0 Å². The molecule has 6 heteroatoms. The van der Waals surface area contributed by atoms with E-state index in [-0.39, 0.29) is 30.4 Å². The molecule has 124 valence electrons. The molecule has 4 N–H and O–H groups in total. The lowest BCUT2D eigenvalue weighted by atomic mass is 10.2. The molecule has 3 rings (SSSR count). The van der Waals surface area contributed by atoms with Crippen LogP contribution >= 0.6 is 0 Å². The summed E-state index contributed by atoms with van der Waals surface area (Å²) in [7, 11) is 0. The van der Waals surface area contributed by atoms with Crippen LogP contribution in [-0.4, -0.2) is 31.0 Å². The van der Waals surface area contributed by atoms with E-state index in [9.17, 15) is 9.59 Å². The van der Waals surface area contributed by atoms with Crippen LogP contribution in [-0.2, 0) is 9.59 Å². The molecule has 0 heterocycles. The van der Waals surface area contributed by atoms with Crippen LogP contribution in [0.1, 0.15) is 25.7 Å². The number of anilines is 1. The molecule has 2 aliphatic rings. The molecule has 0 aromatic heterocycles. The number of hydrogen-bond donors (Lipinski definition) is 3. The lowest BCUT2D eigenvalue weighted by molar-refractivity contribution is -0.123. The van der Waals surface area contributed by atoms with Gasteiger partial charge >= 0.3 is 0 Å². The molecule has 23 heavy (non-hydrogen) atoms. The van der Waals surface area contributed by atoms with Gasteiger partial charge in [-0.1, -0.05) is 6.07 Å². The maximum atomic E-state index is 11.8. The van der Waals surface area contributed by atoms with Crippen LogP contribution in [0.25, 0.3) is 0 Å². The number of ether oxygens (including phenoxy) is 1.